The molecule has 1 fully saturated rings. The summed E-state index contributed by atoms with van der Waals surface area (Å²) >= 11 is 6.60. The van der Waals surface area contributed by atoms with Crippen molar-refractivity contribution in [1.82, 2.24) is 14.9 Å². The molecule has 0 unspecified atom stereocenters. The molecule has 1 saturated heterocycles. The molecule has 0 atom stereocenters. The van der Waals surface area contributed by atoms with Gasteiger partial charge in [-0.2, -0.15) is 0 Å². The normalized spacial score (nSPS) is 15.4. The van der Waals surface area contributed by atoms with Crippen molar-refractivity contribution in [3.8, 4) is 22.4 Å². The molecule has 0 aliphatic carbocycles. The zero-order valence-electron chi connectivity index (χ0n) is 19.2. The Labute approximate surface area is 203 Å². The van der Waals surface area contributed by atoms with E-state index in [1.807, 2.05) is 30.3 Å². The topological polar surface area (TPSA) is 29.0 Å². The maximum Gasteiger partial charge on any atom is 0.135 e. The van der Waals surface area contributed by atoms with Gasteiger partial charge in [-0.1, -0.05) is 35.9 Å². The third kappa shape index (κ3) is 4.19. The molecule has 0 saturated carbocycles. The number of likely N-dealkylation sites (tertiary alicyclic amines) is 1. The minimum atomic E-state index is -0.656. The van der Waals surface area contributed by atoms with Crippen LogP contribution in [0.3, 0.4) is 0 Å². The average Bonchev–Trinajstić information content (AvgIpc) is 2.84. The number of halogens is 3. The molecule has 1 aliphatic rings. The van der Waals surface area contributed by atoms with Crippen LogP contribution in [-0.4, -0.2) is 34.0 Å². The third-order valence-electron chi connectivity index (χ3n) is 6.79. The molecule has 0 amide bonds. The number of pyridine rings is 2. The fraction of sp³-hybridized carbons (Fsp3) is 0.286. The summed E-state index contributed by atoms with van der Waals surface area (Å²) in [5.41, 5.74) is 3.23. The van der Waals surface area contributed by atoms with E-state index in [0.717, 1.165) is 48.1 Å². The summed E-state index contributed by atoms with van der Waals surface area (Å²) in [7, 11) is 0. The Kier molecular flexibility index (Phi) is 6.32. The van der Waals surface area contributed by atoms with Crippen LogP contribution in [0.1, 0.15) is 38.3 Å². The van der Waals surface area contributed by atoms with Crippen LogP contribution in [0, 0.1) is 11.6 Å². The molecular formula is C28H26ClF2N3. The van der Waals surface area contributed by atoms with Crippen molar-refractivity contribution in [2.75, 3.05) is 13.1 Å². The van der Waals surface area contributed by atoms with Gasteiger partial charge >= 0.3 is 0 Å². The van der Waals surface area contributed by atoms with Gasteiger partial charge in [-0.3, -0.25) is 9.97 Å². The smallest absolute Gasteiger partial charge is 0.135 e. The van der Waals surface area contributed by atoms with Gasteiger partial charge < -0.3 is 4.90 Å². The van der Waals surface area contributed by atoms with Gasteiger partial charge in [-0.15, -0.1) is 0 Å². The van der Waals surface area contributed by atoms with Crippen LogP contribution < -0.4 is 0 Å². The van der Waals surface area contributed by atoms with E-state index >= 15 is 0 Å². The van der Waals surface area contributed by atoms with Crippen LogP contribution in [0.4, 0.5) is 8.78 Å². The molecular weight excluding hydrogens is 452 g/mol. The first-order valence-electron chi connectivity index (χ1n) is 11.7. The van der Waals surface area contributed by atoms with Crippen LogP contribution in [0.15, 0.2) is 60.8 Å². The molecule has 0 spiro atoms. The molecule has 174 valence electrons. The largest absolute Gasteiger partial charge is 0.301 e. The number of fused-ring (bicyclic) bond motifs is 1. The highest BCUT2D eigenvalue weighted by Gasteiger charge is 2.26. The van der Waals surface area contributed by atoms with Crippen molar-refractivity contribution in [1.29, 1.82) is 0 Å². The van der Waals surface area contributed by atoms with Crippen LogP contribution in [0.5, 0.6) is 0 Å². The fourth-order valence-corrected chi connectivity index (χ4v) is 5.14. The molecule has 3 nitrogen and oxygen atoms in total. The van der Waals surface area contributed by atoms with E-state index in [0.29, 0.717) is 16.6 Å². The molecule has 0 N–H and O–H groups in total. The van der Waals surface area contributed by atoms with Gasteiger partial charge in [0, 0.05) is 39.8 Å². The zero-order valence-corrected chi connectivity index (χ0v) is 20.0. The summed E-state index contributed by atoms with van der Waals surface area (Å²) in [4.78, 5) is 11.8. The van der Waals surface area contributed by atoms with Crippen molar-refractivity contribution >= 4 is 22.5 Å². The Bertz CT molecular complexity index is 1330. The minimum absolute atomic E-state index is 0.155. The van der Waals surface area contributed by atoms with Crippen molar-refractivity contribution in [2.45, 2.75) is 38.6 Å². The van der Waals surface area contributed by atoms with E-state index in [2.05, 4.69) is 29.8 Å². The first-order valence-corrected chi connectivity index (χ1v) is 12.0. The average molecular weight is 478 g/mol. The van der Waals surface area contributed by atoms with Gasteiger partial charge in [0.2, 0.25) is 0 Å². The third-order valence-corrected chi connectivity index (χ3v) is 7.12. The number of hydrogen-bond acceptors (Lipinski definition) is 3. The standard InChI is InChI=1S/C28H26ClF2N3/c1-17(2)34-14-11-18(12-15-34)25-16-21(19-6-3-4-7-22(19)29)20-10-13-32-28(27(20)33-25)26-23(30)8-5-9-24(26)31/h3-10,13,16-18H,11-12,14-15H2,1-2H3. The molecule has 6 heteroatoms. The van der Waals surface area contributed by atoms with Crippen molar-refractivity contribution < 1.29 is 8.78 Å². The zero-order chi connectivity index (χ0) is 23.8. The van der Waals surface area contributed by atoms with Gasteiger partial charge in [0.05, 0.1) is 11.1 Å². The lowest BCUT2D eigenvalue weighted by Gasteiger charge is -2.34. The van der Waals surface area contributed by atoms with Crippen LogP contribution in [0.25, 0.3) is 33.3 Å². The molecule has 34 heavy (non-hydrogen) atoms. The molecule has 2 aromatic carbocycles. The van der Waals surface area contributed by atoms with Gasteiger partial charge in [0.1, 0.15) is 17.3 Å². The number of benzene rings is 2. The molecule has 0 bridgehead atoms. The highest BCUT2D eigenvalue weighted by Crippen LogP contribution is 2.40. The Morgan fingerprint density at radius 2 is 1.65 bits per heavy atom. The van der Waals surface area contributed by atoms with E-state index in [4.69, 9.17) is 16.6 Å². The summed E-state index contributed by atoms with van der Waals surface area (Å²) in [6.07, 6.45) is 3.52. The maximum absolute atomic E-state index is 14.8. The Morgan fingerprint density at radius 3 is 2.32 bits per heavy atom. The monoisotopic (exact) mass is 477 g/mol. The lowest BCUT2D eigenvalue weighted by molar-refractivity contribution is 0.171. The predicted octanol–water partition coefficient (Wildman–Crippen LogP) is 7.48. The SMILES string of the molecule is CC(C)N1CCC(c2cc(-c3ccccc3Cl)c3ccnc(-c4c(F)cccc4F)c3n2)CC1. The molecule has 1 aliphatic heterocycles. The number of nitrogens with zero attached hydrogens (tertiary/aromatic N) is 3. The van der Waals surface area contributed by atoms with Gasteiger partial charge in [-0.05, 0) is 75.7 Å². The van der Waals surface area contributed by atoms with E-state index in [1.54, 1.807) is 6.20 Å². The van der Waals surface area contributed by atoms with E-state index in [-0.39, 0.29) is 17.2 Å². The summed E-state index contributed by atoms with van der Waals surface area (Å²) < 4.78 is 29.6. The van der Waals surface area contributed by atoms with E-state index in [9.17, 15) is 8.78 Å². The lowest BCUT2D eigenvalue weighted by atomic mass is 9.89. The molecule has 5 rings (SSSR count). The Balaban J connectivity index is 1.73. The van der Waals surface area contributed by atoms with Gasteiger partial charge in [-0.25, -0.2) is 8.78 Å². The van der Waals surface area contributed by atoms with E-state index in [1.165, 1.54) is 18.2 Å². The summed E-state index contributed by atoms with van der Waals surface area (Å²) in [6.45, 7) is 6.41. The van der Waals surface area contributed by atoms with Gasteiger partial charge in [0.15, 0.2) is 0 Å². The summed E-state index contributed by atoms with van der Waals surface area (Å²) in [6, 6.07) is 15.9. The summed E-state index contributed by atoms with van der Waals surface area (Å²) in [5, 5.41) is 1.38. The van der Waals surface area contributed by atoms with Crippen LogP contribution in [-0.2, 0) is 0 Å². The van der Waals surface area contributed by atoms with E-state index < -0.39 is 11.6 Å². The highest BCUT2D eigenvalue weighted by molar-refractivity contribution is 6.33. The Morgan fingerprint density at radius 1 is 0.941 bits per heavy atom. The lowest BCUT2D eigenvalue weighted by Crippen LogP contribution is -2.38. The van der Waals surface area contributed by atoms with Gasteiger partial charge in [0.25, 0.3) is 0 Å². The van der Waals surface area contributed by atoms with Crippen LogP contribution in [0.2, 0.25) is 5.02 Å². The Hall–Kier alpha value is -2.89. The predicted molar refractivity (Wildman–Crippen MR) is 134 cm³/mol. The number of aromatic nitrogens is 2. The second kappa shape index (κ2) is 9.40. The fourth-order valence-electron chi connectivity index (χ4n) is 4.90. The van der Waals surface area contributed by atoms with Crippen molar-refractivity contribution in [3.63, 3.8) is 0 Å². The second-order valence-electron chi connectivity index (χ2n) is 9.13. The number of piperidine rings is 1. The molecule has 3 heterocycles. The molecule has 0 radical (unpaired) electrons. The first-order chi connectivity index (χ1) is 16.4. The first kappa shape index (κ1) is 22.9. The maximum atomic E-state index is 14.8. The van der Waals surface area contributed by atoms with Crippen molar-refractivity contribution in [2.24, 2.45) is 0 Å². The molecule has 4 aromatic rings. The second-order valence-corrected chi connectivity index (χ2v) is 9.54. The highest BCUT2D eigenvalue weighted by atomic mass is 35.5. The number of rotatable bonds is 4. The van der Waals surface area contributed by atoms with Crippen LogP contribution >= 0.6 is 11.6 Å². The minimum Gasteiger partial charge on any atom is -0.301 e. The van der Waals surface area contributed by atoms with Crippen molar-refractivity contribution in [3.05, 3.63) is 83.1 Å². The number of hydrogen-bond donors (Lipinski definition) is 0. The molecule has 2 aromatic heterocycles. The summed E-state index contributed by atoms with van der Waals surface area (Å²) in [5.74, 6) is -1.06. The quantitative estimate of drug-likeness (QED) is 0.305.